The quantitative estimate of drug-likeness (QED) is 0.299. The SMILES string of the molecule is Clc1cc(Cl)cc(OCc2nc(-c3cc(-c4ccc(Cl)cc4Cl)no3)cs2)c1. The van der Waals surface area contributed by atoms with Crippen molar-refractivity contribution in [2.24, 2.45) is 0 Å². The summed E-state index contributed by atoms with van der Waals surface area (Å²) in [6, 6.07) is 12.0. The van der Waals surface area contributed by atoms with Crippen molar-refractivity contribution in [1.29, 1.82) is 0 Å². The molecule has 9 heteroatoms. The molecule has 0 spiro atoms. The third-order valence-electron chi connectivity index (χ3n) is 3.72. The van der Waals surface area contributed by atoms with Gasteiger partial charge in [-0.2, -0.15) is 0 Å². The van der Waals surface area contributed by atoms with Crippen LogP contribution in [-0.4, -0.2) is 10.1 Å². The van der Waals surface area contributed by atoms with E-state index in [-0.39, 0.29) is 6.61 Å². The van der Waals surface area contributed by atoms with Gasteiger partial charge >= 0.3 is 0 Å². The van der Waals surface area contributed by atoms with Crippen molar-refractivity contribution >= 4 is 57.7 Å². The summed E-state index contributed by atoms with van der Waals surface area (Å²) < 4.78 is 11.1. The van der Waals surface area contributed by atoms with Crippen molar-refractivity contribution < 1.29 is 9.26 Å². The Kier molecular flexibility index (Phi) is 5.80. The lowest BCUT2D eigenvalue weighted by atomic mass is 10.1. The number of benzene rings is 2. The zero-order valence-electron chi connectivity index (χ0n) is 14.0. The Balaban J connectivity index is 1.49. The summed E-state index contributed by atoms with van der Waals surface area (Å²) in [6.07, 6.45) is 0. The number of nitrogens with zero attached hydrogens (tertiary/aromatic N) is 2. The van der Waals surface area contributed by atoms with Crippen LogP contribution in [0.3, 0.4) is 0 Å². The zero-order chi connectivity index (χ0) is 19.7. The van der Waals surface area contributed by atoms with Gasteiger partial charge in [0.2, 0.25) is 0 Å². The lowest BCUT2D eigenvalue weighted by Crippen LogP contribution is -1.94. The minimum Gasteiger partial charge on any atom is -0.486 e. The van der Waals surface area contributed by atoms with Crippen molar-refractivity contribution in [3.63, 3.8) is 0 Å². The summed E-state index contributed by atoms with van der Waals surface area (Å²) >= 11 is 25.6. The molecule has 0 saturated carbocycles. The molecule has 0 amide bonds. The van der Waals surface area contributed by atoms with Crippen LogP contribution in [0.15, 0.2) is 52.4 Å². The molecule has 0 radical (unpaired) electrons. The standard InChI is InChI=1S/C19H10Cl4N2O2S/c20-10-1-2-14(15(23)6-10)16-7-18(27-25-16)17-9-28-19(24-17)8-26-13-4-11(21)3-12(22)5-13/h1-7,9H,8H2. The highest BCUT2D eigenvalue weighted by Gasteiger charge is 2.14. The second-order valence-corrected chi connectivity index (χ2v) is 8.38. The van der Waals surface area contributed by atoms with E-state index in [9.17, 15) is 0 Å². The number of aromatic nitrogens is 2. The smallest absolute Gasteiger partial charge is 0.186 e. The Labute approximate surface area is 184 Å². The highest BCUT2D eigenvalue weighted by atomic mass is 35.5. The van der Waals surface area contributed by atoms with E-state index in [1.54, 1.807) is 42.5 Å². The van der Waals surface area contributed by atoms with Crippen LogP contribution in [-0.2, 0) is 6.61 Å². The Hall–Kier alpha value is -1.76. The van der Waals surface area contributed by atoms with Gasteiger partial charge in [-0.15, -0.1) is 11.3 Å². The number of halogens is 4. The van der Waals surface area contributed by atoms with Gasteiger partial charge < -0.3 is 9.26 Å². The second kappa shape index (κ2) is 8.31. The van der Waals surface area contributed by atoms with Crippen molar-refractivity contribution in [1.82, 2.24) is 10.1 Å². The van der Waals surface area contributed by atoms with Gasteiger partial charge in [0.05, 0.1) is 5.02 Å². The van der Waals surface area contributed by atoms with E-state index >= 15 is 0 Å². The number of thiazole rings is 1. The van der Waals surface area contributed by atoms with E-state index in [0.29, 0.717) is 43.0 Å². The molecule has 0 saturated heterocycles. The van der Waals surface area contributed by atoms with E-state index in [4.69, 9.17) is 55.7 Å². The lowest BCUT2D eigenvalue weighted by Gasteiger charge is -2.04. The van der Waals surface area contributed by atoms with Crippen LogP contribution >= 0.6 is 57.7 Å². The third-order valence-corrected chi connectivity index (χ3v) is 5.53. The van der Waals surface area contributed by atoms with Gasteiger partial charge in [0.15, 0.2) is 5.76 Å². The molecule has 2 aromatic carbocycles. The summed E-state index contributed by atoms with van der Waals surface area (Å²) in [7, 11) is 0. The highest BCUT2D eigenvalue weighted by Crippen LogP contribution is 2.33. The monoisotopic (exact) mass is 470 g/mol. The molecule has 2 aromatic heterocycles. The first-order valence-corrected chi connectivity index (χ1v) is 10.3. The molecule has 4 aromatic rings. The fraction of sp³-hybridized carbons (Fsp3) is 0.0526. The van der Waals surface area contributed by atoms with Crippen LogP contribution in [0.5, 0.6) is 5.75 Å². The van der Waals surface area contributed by atoms with Gasteiger partial charge in [0.1, 0.15) is 28.8 Å². The number of hydrogen-bond donors (Lipinski definition) is 0. The lowest BCUT2D eigenvalue weighted by molar-refractivity contribution is 0.305. The predicted molar refractivity (Wildman–Crippen MR) is 114 cm³/mol. The van der Waals surface area contributed by atoms with Gasteiger partial charge in [0, 0.05) is 32.1 Å². The predicted octanol–water partition coefficient (Wildman–Crippen LogP) is 7.66. The fourth-order valence-electron chi connectivity index (χ4n) is 2.47. The highest BCUT2D eigenvalue weighted by molar-refractivity contribution is 7.09. The average Bonchev–Trinajstić information content (AvgIpc) is 3.28. The minimum atomic E-state index is 0.283. The summed E-state index contributed by atoms with van der Waals surface area (Å²) in [5.41, 5.74) is 2.00. The first-order chi connectivity index (χ1) is 13.5. The van der Waals surface area contributed by atoms with Gasteiger partial charge in [-0.25, -0.2) is 4.98 Å². The normalized spacial score (nSPS) is 11.0. The molecule has 0 bridgehead atoms. The molecule has 0 fully saturated rings. The maximum absolute atomic E-state index is 6.23. The van der Waals surface area contributed by atoms with Crippen molar-refractivity contribution in [2.45, 2.75) is 6.61 Å². The topological polar surface area (TPSA) is 48.2 Å². The molecular formula is C19H10Cl4N2O2S. The molecule has 0 aliphatic heterocycles. The van der Waals surface area contributed by atoms with E-state index < -0.39 is 0 Å². The van der Waals surface area contributed by atoms with Crippen LogP contribution in [0.25, 0.3) is 22.7 Å². The molecule has 2 heterocycles. The molecular weight excluding hydrogens is 462 g/mol. The summed E-state index contributed by atoms with van der Waals surface area (Å²) in [5.74, 6) is 1.11. The van der Waals surface area contributed by atoms with E-state index in [1.165, 1.54) is 11.3 Å². The Morgan fingerprint density at radius 1 is 0.893 bits per heavy atom. The van der Waals surface area contributed by atoms with Crippen LogP contribution in [0.2, 0.25) is 20.1 Å². The second-order valence-electron chi connectivity index (χ2n) is 5.72. The van der Waals surface area contributed by atoms with Gasteiger partial charge in [-0.05, 0) is 36.4 Å². The first kappa shape index (κ1) is 19.6. The third kappa shape index (κ3) is 4.45. The van der Waals surface area contributed by atoms with E-state index in [1.807, 2.05) is 5.38 Å². The molecule has 0 aliphatic carbocycles. The molecule has 0 N–H and O–H groups in total. The molecule has 4 nitrogen and oxygen atoms in total. The molecule has 0 unspecified atom stereocenters. The van der Waals surface area contributed by atoms with Crippen LogP contribution in [0.1, 0.15) is 5.01 Å². The number of ether oxygens (including phenoxy) is 1. The molecule has 142 valence electrons. The number of hydrogen-bond acceptors (Lipinski definition) is 5. The van der Waals surface area contributed by atoms with Crippen molar-refractivity contribution in [2.75, 3.05) is 0 Å². The van der Waals surface area contributed by atoms with Crippen LogP contribution < -0.4 is 4.74 Å². The summed E-state index contributed by atoms with van der Waals surface area (Å²) in [5, 5.41) is 8.80. The first-order valence-electron chi connectivity index (χ1n) is 7.94. The molecule has 4 rings (SSSR count). The van der Waals surface area contributed by atoms with E-state index in [2.05, 4.69) is 10.1 Å². The summed E-state index contributed by atoms with van der Waals surface area (Å²) in [4.78, 5) is 4.52. The molecule has 28 heavy (non-hydrogen) atoms. The Morgan fingerprint density at radius 2 is 1.68 bits per heavy atom. The molecule has 0 aliphatic rings. The van der Waals surface area contributed by atoms with Crippen LogP contribution in [0.4, 0.5) is 0 Å². The van der Waals surface area contributed by atoms with Gasteiger partial charge in [0.25, 0.3) is 0 Å². The fourth-order valence-corrected chi connectivity index (χ4v) is 4.17. The Morgan fingerprint density at radius 3 is 2.43 bits per heavy atom. The van der Waals surface area contributed by atoms with Gasteiger partial charge in [-0.3, -0.25) is 0 Å². The molecule has 0 atom stereocenters. The zero-order valence-corrected chi connectivity index (χ0v) is 17.8. The largest absolute Gasteiger partial charge is 0.486 e. The van der Waals surface area contributed by atoms with Crippen molar-refractivity contribution in [3.05, 3.63) is 72.9 Å². The van der Waals surface area contributed by atoms with Gasteiger partial charge in [-0.1, -0.05) is 51.6 Å². The average molecular weight is 472 g/mol. The summed E-state index contributed by atoms with van der Waals surface area (Å²) in [6.45, 7) is 0.283. The maximum Gasteiger partial charge on any atom is 0.186 e. The minimum absolute atomic E-state index is 0.283. The van der Waals surface area contributed by atoms with Crippen molar-refractivity contribution in [3.8, 4) is 28.5 Å². The van der Waals surface area contributed by atoms with Crippen LogP contribution in [0, 0.1) is 0 Å². The maximum atomic E-state index is 6.23. The Bertz CT molecular complexity index is 1120. The van der Waals surface area contributed by atoms with E-state index in [0.717, 1.165) is 10.6 Å². The number of rotatable bonds is 5.